The molecule has 0 aliphatic carbocycles. The largest absolute Gasteiger partial charge is 0.493 e. The third-order valence-corrected chi connectivity index (χ3v) is 3.55. The van der Waals surface area contributed by atoms with E-state index in [1.54, 1.807) is 0 Å². The number of hydrogen-bond acceptors (Lipinski definition) is 3. The maximum atomic E-state index is 8.99. The van der Waals surface area contributed by atoms with Crippen molar-refractivity contribution in [1.29, 1.82) is 5.26 Å². The zero-order chi connectivity index (χ0) is 15.2. The maximum absolute atomic E-state index is 8.99. The average Bonchev–Trinajstić information content (AvgIpc) is 2.41. The quantitative estimate of drug-likeness (QED) is 0.828. The summed E-state index contributed by atoms with van der Waals surface area (Å²) in [5.41, 5.74) is 6.66. The molecule has 1 aromatic carbocycles. The molecule has 1 rings (SSSR count). The summed E-state index contributed by atoms with van der Waals surface area (Å²) < 4.78 is 5.81. The first-order valence-electron chi connectivity index (χ1n) is 6.96. The molecule has 2 N–H and O–H groups in total. The van der Waals surface area contributed by atoms with Crippen LogP contribution < -0.4 is 10.5 Å². The minimum Gasteiger partial charge on any atom is -0.493 e. The van der Waals surface area contributed by atoms with Crippen molar-refractivity contribution in [3.05, 3.63) is 28.8 Å². The highest BCUT2D eigenvalue weighted by Crippen LogP contribution is 2.26. The van der Waals surface area contributed by atoms with E-state index in [-0.39, 0.29) is 11.5 Å². The fraction of sp³-hybridized carbons (Fsp3) is 0.562. The Bertz CT molecular complexity index is 480. The van der Waals surface area contributed by atoms with Gasteiger partial charge in [0.05, 0.1) is 18.1 Å². The Labute approximate surface area is 126 Å². The molecule has 1 atom stereocenters. The second-order valence-corrected chi connectivity index (χ2v) is 6.16. The van der Waals surface area contributed by atoms with Gasteiger partial charge >= 0.3 is 0 Å². The van der Waals surface area contributed by atoms with Gasteiger partial charge in [-0.1, -0.05) is 18.5 Å². The Morgan fingerprint density at radius 3 is 2.75 bits per heavy atom. The van der Waals surface area contributed by atoms with E-state index in [2.05, 4.69) is 13.0 Å². The second kappa shape index (κ2) is 7.52. The zero-order valence-corrected chi connectivity index (χ0v) is 13.2. The van der Waals surface area contributed by atoms with Crippen molar-refractivity contribution in [2.45, 2.75) is 46.1 Å². The van der Waals surface area contributed by atoms with E-state index in [9.17, 15) is 0 Å². The first kappa shape index (κ1) is 16.8. The molecule has 20 heavy (non-hydrogen) atoms. The Kier molecular flexibility index (Phi) is 6.32. The molecule has 0 aliphatic rings. The van der Waals surface area contributed by atoms with E-state index in [0.717, 1.165) is 24.2 Å². The Hall–Kier alpha value is -1.24. The van der Waals surface area contributed by atoms with Gasteiger partial charge in [-0.3, -0.25) is 0 Å². The fourth-order valence-electron chi connectivity index (χ4n) is 1.75. The van der Waals surface area contributed by atoms with E-state index in [0.29, 0.717) is 18.1 Å². The molecule has 0 saturated carbocycles. The van der Waals surface area contributed by atoms with Crippen molar-refractivity contribution in [3.63, 3.8) is 0 Å². The number of nitrogens with zero attached hydrogens (tertiary/aromatic N) is 1. The molecule has 1 aromatic rings. The van der Waals surface area contributed by atoms with Crippen LogP contribution in [0.3, 0.4) is 0 Å². The van der Waals surface area contributed by atoms with Gasteiger partial charge in [0.2, 0.25) is 0 Å². The SMILES string of the molecule is CCC(N)Cc1cc(Cl)ccc1OCCC(C)(C)C#N. The molecule has 0 fully saturated rings. The van der Waals surface area contributed by atoms with Gasteiger partial charge in [-0.25, -0.2) is 0 Å². The molecule has 0 radical (unpaired) electrons. The van der Waals surface area contributed by atoms with Gasteiger partial charge in [0.15, 0.2) is 0 Å². The number of nitrogens with two attached hydrogens (primary N) is 1. The highest BCUT2D eigenvalue weighted by molar-refractivity contribution is 6.30. The standard InChI is InChI=1S/C16H23ClN2O/c1-4-14(19)10-12-9-13(17)5-6-15(12)20-8-7-16(2,3)11-18/h5-6,9,14H,4,7-8,10,19H2,1-3H3. The lowest BCUT2D eigenvalue weighted by Crippen LogP contribution is -2.22. The Morgan fingerprint density at radius 2 is 2.15 bits per heavy atom. The van der Waals surface area contributed by atoms with Crippen LogP contribution in [0.15, 0.2) is 18.2 Å². The summed E-state index contributed by atoms with van der Waals surface area (Å²) in [5, 5.41) is 9.68. The summed E-state index contributed by atoms with van der Waals surface area (Å²) in [5.74, 6) is 0.812. The molecule has 0 aromatic heterocycles. The minimum atomic E-state index is -0.369. The molecule has 0 bridgehead atoms. The van der Waals surface area contributed by atoms with Crippen LogP contribution >= 0.6 is 11.6 Å². The zero-order valence-electron chi connectivity index (χ0n) is 12.4. The van der Waals surface area contributed by atoms with E-state index >= 15 is 0 Å². The first-order valence-corrected chi connectivity index (χ1v) is 7.34. The predicted octanol–water partition coefficient (Wildman–Crippen LogP) is 3.94. The molecular weight excluding hydrogens is 272 g/mol. The summed E-state index contributed by atoms with van der Waals surface area (Å²) >= 11 is 6.03. The van der Waals surface area contributed by atoms with Crippen LogP contribution in [0, 0.1) is 16.7 Å². The Morgan fingerprint density at radius 1 is 1.45 bits per heavy atom. The molecule has 0 amide bonds. The normalized spacial score (nSPS) is 12.8. The molecule has 110 valence electrons. The molecule has 4 heteroatoms. The minimum absolute atomic E-state index is 0.103. The third-order valence-electron chi connectivity index (χ3n) is 3.32. The van der Waals surface area contributed by atoms with E-state index in [4.69, 9.17) is 27.3 Å². The number of ether oxygens (including phenoxy) is 1. The number of halogens is 1. The average molecular weight is 295 g/mol. The number of benzene rings is 1. The monoisotopic (exact) mass is 294 g/mol. The van der Waals surface area contributed by atoms with Gasteiger partial charge in [-0.2, -0.15) is 5.26 Å². The van der Waals surface area contributed by atoms with Crippen LogP contribution in [-0.2, 0) is 6.42 Å². The second-order valence-electron chi connectivity index (χ2n) is 5.72. The lowest BCUT2D eigenvalue weighted by Gasteiger charge is -2.18. The summed E-state index contributed by atoms with van der Waals surface area (Å²) in [6.07, 6.45) is 2.34. The van der Waals surface area contributed by atoms with Crippen molar-refractivity contribution in [2.75, 3.05) is 6.61 Å². The lowest BCUT2D eigenvalue weighted by molar-refractivity contribution is 0.262. The van der Waals surface area contributed by atoms with Crippen molar-refractivity contribution in [3.8, 4) is 11.8 Å². The summed E-state index contributed by atoms with van der Waals surface area (Å²) in [7, 11) is 0. The lowest BCUT2D eigenvalue weighted by atomic mass is 9.92. The fourth-order valence-corrected chi connectivity index (χ4v) is 1.94. The summed E-state index contributed by atoms with van der Waals surface area (Å²) in [6, 6.07) is 7.97. The van der Waals surface area contributed by atoms with E-state index in [1.165, 1.54) is 0 Å². The molecular formula is C16H23ClN2O. The van der Waals surface area contributed by atoms with Gasteiger partial charge in [0.25, 0.3) is 0 Å². The molecule has 0 heterocycles. The summed E-state index contributed by atoms with van der Waals surface area (Å²) in [6.45, 7) is 6.39. The van der Waals surface area contributed by atoms with Gasteiger partial charge in [0.1, 0.15) is 5.75 Å². The van der Waals surface area contributed by atoms with Crippen LogP contribution in [0.2, 0.25) is 5.02 Å². The van der Waals surface area contributed by atoms with Crippen molar-refractivity contribution in [1.82, 2.24) is 0 Å². The first-order chi connectivity index (χ1) is 9.38. The maximum Gasteiger partial charge on any atom is 0.122 e. The molecule has 0 spiro atoms. The van der Waals surface area contributed by atoms with Crippen molar-refractivity contribution >= 4 is 11.6 Å². The van der Waals surface area contributed by atoms with Crippen LogP contribution in [0.25, 0.3) is 0 Å². The number of hydrogen-bond donors (Lipinski definition) is 1. The van der Waals surface area contributed by atoms with Crippen LogP contribution in [-0.4, -0.2) is 12.6 Å². The van der Waals surface area contributed by atoms with Crippen molar-refractivity contribution in [2.24, 2.45) is 11.1 Å². The predicted molar refractivity (Wildman–Crippen MR) is 82.9 cm³/mol. The van der Waals surface area contributed by atoms with E-state index < -0.39 is 0 Å². The van der Waals surface area contributed by atoms with Crippen LogP contribution in [0.1, 0.15) is 39.2 Å². The third kappa shape index (κ3) is 5.40. The van der Waals surface area contributed by atoms with E-state index in [1.807, 2.05) is 32.0 Å². The van der Waals surface area contributed by atoms with Crippen LogP contribution in [0.5, 0.6) is 5.75 Å². The Balaban J connectivity index is 2.72. The smallest absolute Gasteiger partial charge is 0.122 e. The highest BCUT2D eigenvalue weighted by atomic mass is 35.5. The van der Waals surface area contributed by atoms with Crippen LogP contribution in [0.4, 0.5) is 0 Å². The van der Waals surface area contributed by atoms with Gasteiger partial charge < -0.3 is 10.5 Å². The topological polar surface area (TPSA) is 59.0 Å². The molecule has 0 aliphatic heterocycles. The van der Waals surface area contributed by atoms with Gasteiger partial charge in [-0.05, 0) is 56.9 Å². The van der Waals surface area contributed by atoms with Crippen molar-refractivity contribution < 1.29 is 4.74 Å². The number of rotatable bonds is 7. The number of nitriles is 1. The highest BCUT2D eigenvalue weighted by Gasteiger charge is 2.17. The molecule has 3 nitrogen and oxygen atoms in total. The van der Waals surface area contributed by atoms with Gasteiger partial charge in [-0.15, -0.1) is 0 Å². The summed E-state index contributed by atoms with van der Waals surface area (Å²) in [4.78, 5) is 0. The van der Waals surface area contributed by atoms with Gasteiger partial charge in [0, 0.05) is 11.1 Å². The molecule has 1 unspecified atom stereocenters. The molecule has 0 saturated heterocycles.